The maximum absolute atomic E-state index is 12.8. The Morgan fingerprint density at radius 2 is 1.71 bits per heavy atom. The van der Waals surface area contributed by atoms with Crippen molar-refractivity contribution in [1.82, 2.24) is 0 Å². The summed E-state index contributed by atoms with van der Waals surface area (Å²) < 4.78 is 5.40. The number of benzene rings is 1. The van der Waals surface area contributed by atoms with Crippen LogP contribution in [-0.4, -0.2) is 24.5 Å². The normalized spacial score (nSPS) is 11.5. The van der Waals surface area contributed by atoms with Gasteiger partial charge in [-0.25, -0.2) is 4.79 Å². The van der Waals surface area contributed by atoms with Crippen molar-refractivity contribution in [3.05, 3.63) is 75.1 Å². The molecule has 0 spiro atoms. The second-order valence-electron chi connectivity index (χ2n) is 6.32. The van der Waals surface area contributed by atoms with E-state index in [0.29, 0.717) is 5.57 Å². The molecule has 144 valence electrons. The number of thiophene rings is 2. The smallest absolute Gasteiger partial charge is 0.340 e. The van der Waals surface area contributed by atoms with Gasteiger partial charge in [0.05, 0.1) is 5.57 Å². The van der Waals surface area contributed by atoms with E-state index < -0.39 is 5.97 Å². The number of anilines is 1. The number of nitrogens with zero attached hydrogens (tertiary/aromatic N) is 1. The Morgan fingerprint density at radius 3 is 2.32 bits per heavy atom. The standard InChI is InChI=1S/C22H21NO3S2/c1-16(2)23(17-8-4-3-5-9-17)21(24)15-26-22(25)19(20-11-7-13-28-20)14-18-10-6-12-27-18/h3-14,16H,15H2,1-2H3/b19-14+. The van der Waals surface area contributed by atoms with E-state index in [1.54, 1.807) is 22.3 Å². The van der Waals surface area contributed by atoms with Crippen molar-refractivity contribution in [1.29, 1.82) is 0 Å². The van der Waals surface area contributed by atoms with Gasteiger partial charge in [-0.2, -0.15) is 0 Å². The molecule has 0 radical (unpaired) electrons. The minimum atomic E-state index is -0.499. The van der Waals surface area contributed by atoms with Crippen LogP contribution in [0.2, 0.25) is 0 Å². The van der Waals surface area contributed by atoms with Crippen LogP contribution in [0, 0.1) is 0 Å². The van der Waals surface area contributed by atoms with Crippen molar-refractivity contribution in [3.8, 4) is 0 Å². The van der Waals surface area contributed by atoms with E-state index in [2.05, 4.69) is 0 Å². The Hall–Kier alpha value is -2.70. The second-order valence-corrected chi connectivity index (χ2v) is 8.25. The van der Waals surface area contributed by atoms with Crippen LogP contribution in [-0.2, 0) is 14.3 Å². The van der Waals surface area contributed by atoms with Crippen LogP contribution in [0.25, 0.3) is 11.6 Å². The number of hydrogen-bond acceptors (Lipinski definition) is 5. The molecular formula is C22H21NO3S2. The summed E-state index contributed by atoms with van der Waals surface area (Å²) in [6.45, 7) is 3.56. The zero-order valence-electron chi connectivity index (χ0n) is 15.7. The summed E-state index contributed by atoms with van der Waals surface area (Å²) in [4.78, 5) is 28.9. The molecule has 3 aromatic rings. The SMILES string of the molecule is CC(C)N(C(=O)COC(=O)/C(=C/c1cccs1)c1cccs1)c1ccccc1. The Kier molecular flexibility index (Phi) is 6.79. The third kappa shape index (κ3) is 4.97. The van der Waals surface area contributed by atoms with Crippen molar-refractivity contribution >= 4 is 51.9 Å². The molecular weight excluding hydrogens is 390 g/mol. The zero-order valence-corrected chi connectivity index (χ0v) is 17.3. The van der Waals surface area contributed by atoms with Crippen molar-refractivity contribution in [2.24, 2.45) is 0 Å². The monoisotopic (exact) mass is 411 g/mol. The molecule has 0 aliphatic rings. The molecule has 0 aliphatic carbocycles. The zero-order chi connectivity index (χ0) is 19.9. The maximum Gasteiger partial charge on any atom is 0.340 e. The fraction of sp³-hybridized carbons (Fsp3) is 0.182. The number of amides is 1. The van der Waals surface area contributed by atoms with Gasteiger partial charge in [-0.15, -0.1) is 22.7 Å². The Morgan fingerprint density at radius 1 is 1.00 bits per heavy atom. The Labute approximate surface area is 172 Å². The van der Waals surface area contributed by atoms with Crippen molar-refractivity contribution in [3.63, 3.8) is 0 Å². The Balaban J connectivity index is 1.74. The van der Waals surface area contributed by atoms with Crippen LogP contribution >= 0.6 is 22.7 Å². The van der Waals surface area contributed by atoms with Crippen LogP contribution in [0.15, 0.2) is 65.4 Å². The van der Waals surface area contributed by atoms with Crippen LogP contribution in [0.4, 0.5) is 5.69 Å². The van der Waals surface area contributed by atoms with Crippen molar-refractivity contribution in [2.75, 3.05) is 11.5 Å². The van der Waals surface area contributed by atoms with Gasteiger partial charge >= 0.3 is 5.97 Å². The molecule has 1 amide bonds. The third-order valence-corrected chi connectivity index (χ3v) is 5.70. The van der Waals surface area contributed by atoms with Crippen LogP contribution in [0.3, 0.4) is 0 Å². The van der Waals surface area contributed by atoms with E-state index >= 15 is 0 Å². The summed E-state index contributed by atoms with van der Waals surface area (Å²) in [5.41, 5.74) is 1.24. The molecule has 0 atom stereocenters. The summed E-state index contributed by atoms with van der Waals surface area (Å²) in [5, 5.41) is 3.86. The molecule has 0 fully saturated rings. The predicted octanol–water partition coefficient (Wildman–Crippen LogP) is 5.34. The first-order chi connectivity index (χ1) is 13.6. The molecule has 0 N–H and O–H groups in total. The summed E-state index contributed by atoms with van der Waals surface area (Å²) in [6.07, 6.45) is 1.81. The third-order valence-electron chi connectivity index (χ3n) is 3.98. The molecule has 2 aromatic heterocycles. The van der Waals surface area contributed by atoms with Crippen molar-refractivity contribution < 1.29 is 14.3 Å². The van der Waals surface area contributed by atoms with E-state index in [9.17, 15) is 9.59 Å². The number of carbonyl (C=O) groups excluding carboxylic acids is 2. The predicted molar refractivity (Wildman–Crippen MR) is 117 cm³/mol. The molecule has 28 heavy (non-hydrogen) atoms. The molecule has 1 aromatic carbocycles. The topological polar surface area (TPSA) is 46.6 Å². The van der Waals surface area contributed by atoms with Gasteiger partial charge in [0.2, 0.25) is 0 Å². The number of ether oxygens (including phenoxy) is 1. The van der Waals surface area contributed by atoms with Crippen LogP contribution in [0.1, 0.15) is 23.6 Å². The highest BCUT2D eigenvalue weighted by molar-refractivity contribution is 7.12. The van der Waals surface area contributed by atoms with Gasteiger partial charge < -0.3 is 9.64 Å². The molecule has 6 heteroatoms. The lowest BCUT2D eigenvalue weighted by Gasteiger charge is -2.26. The van der Waals surface area contributed by atoms with E-state index in [4.69, 9.17) is 4.74 Å². The highest BCUT2D eigenvalue weighted by Gasteiger charge is 2.22. The summed E-state index contributed by atoms with van der Waals surface area (Å²) in [6, 6.07) is 17.0. The molecule has 0 saturated heterocycles. The highest BCUT2D eigenvalue weighted by atomic mass is 32.1. The first-order valence-electron chi connectivity index (χ1n) is 8.89. The number of carbonyl (C=O) groups is 2. The average Bonchev–Trinajstić information content (AvgIpc) is 3.38. The van der Waals surface area contributed by atoms with Gasteiger partial charge in [0.1, 0.15) is 0 Å². The first kappa shape index (κ1) is 20.0. The minimum Gasteiger partial charge on any atom is -0.452 e. The highest BCUT2D eigenvalue weighted by Crippen LogP contribution is 2.26. The lowest BCUT2D eigenvalue weighted by Crippen LogP contribution is -2.39. The number of para-hydroxylation sites is 1. The number of esters is 1. The van der Waals surface area contributed by atoms with Gasteiger partial charge in [0.15, 0.2) is 6.61 Å². The summed E-state index contributed by atoms with van der Waals surface area (Å²) >= 11 is 3.01. The first-order valence-corrected chi connectivity index (χ1v) is 10.7. The largest absolute Gasteiger partial charge is 0.452 e. The molecule has 3 rings (SSSR count). The summed E-state index contributed by atoms with van der Waals surface area (Å²) in [5.74, 6) is -0.753. The van der Waals surface area contributed by atoms with Gasteiger partial charge in [0.25, 0.3) is 5.91 Å². The molecule has 0 unspecified atom stereocenters. The lowest BCUT2D eigenvalue weighted by molar-refractivity contribution is -0.142. The minimum absolute atomic E-state index is 0.0490. The van der Waals surface area contributed by atoms with Gasteiger partial charge in [0, 0.05) is 21.5 Å². The fourth-order valence-corrected chi connectivity index (χ4v) is 4.16. The number of hydrogen-bond donors (Lipinski definition) is 0. The molecule has 0 aliphatic heterocycles. The van der Waals surface area contributed by atoms with Gasteiger partial charge in [-0.3, -0.25) is 4.79 Å². The average molecular weight is 412 g/mol. The van der Waals surface area contributed by atoms with E-state index in [-0.39, 0.29) is 18.6 Å². The van der Waals surface area contributed by atoms with Crippen LogP contribution < -0.4 is 4.90 Å². The van der Waals surface area contributed by atoms with Gasteiger partial charge in [-0.05, 0) is 54.9 Å². The van der Waals surface area contributed by atoms with E-state index in [0.717, 1.165) is 15.4 Å². The maximum atomic E-state index is 12.8. The van der Waals surface area contributed by atoms with Crippen molar-refractivity contribution in [2.45, 2.75) is 19.9 Å². The molecule has 0 bridgehead atoms. The van der Waals surface area contributed by atoms with Crippen LogP contribution in [0.5, 0.6) is 0 Å². The molecule has 0 saturated carbocycles. The van der Waals surface area contributed by atoms with E-state index in [1.807, 2.05) is 79.2 Å². The molecule has 2 heterocycles. The molecule has 4 nitrogen and oxygen atoms in total. The Bertz CT molecular complexity index is 930. The summed E-state index contributed by atoms with van der Waals surface area (Å²) in [7, 11) is 0. The second kappa shape index (κ2) is 9.48. The quantitative estimate of drug-likeness (QED) is 0.390. The fourth-order valence-electron chi connectivity index (χ4n) is 2.77. The van der Waals surface area contributed by atoms with E-state index in [1.165, 1.54) is 11.3 Å². The number of rotatable bonds is 7. The lowest BCUT2D eigenvalue weighted by atomic mass is 10.2. The van der Waals surface area contributed by atoms with Gasteiger partial charge in [-0.1, -0.05) is 30.3 Å².